The fourth-order valence-corrected chi connectivity index (χ4v) is 8.00. The first-order valence-electron chi connectivity index (χ1n) is 26.5. The highest BCUT2D eigenvalue weighted by Crippen LogP contribution is 2.16. The molecule has 1 amide bonds. The summed E-state index contributed by atoms with van der Waals surface area (Å²) in [6.07, 6.45) is 66.0. The topological polar surface area (TPSA) is 89.8 Å². The second-order valence-electron chi connectivity index (χ2n) is 18.1. The number of allylic oxidation sites excluding steroid dienone is 7. The zero-order chi connectivity index (χ0) is 43.7. The first-order chi connectivity index (χ1) is 29.6. The Labute approximate surface area is 374 Å². The van der Waals surface area contributed by atoms with Gasteiger partial charge in [-0.25, -0.2) is 0 Å². The van der Waals surface area contributed by atoms with Crippen LogP contribution in [-0.2, 0) is 4.79 Å². The minimum atomic E-state index is -1.11. The maximum Gasteiger partial charge on any atom is 0.249 e. The van der Waals surface area contributed by atoms with E-state index < -0.39 is 24.2 Å². The Bertz CT molecular complexity index is 974. The molecule has 0 heterocycles. The Morgan fingerprint density at radius 1 is 0.417 bits per heavy atom. The quantitative estimate of drug-likeness (QED) is 0.0363. The van der Waals surface area contributed by atoms with E-state index in [1.165, 1.54) is 205 Å². The summed E-state index contributed by atoms with van der Waals surface area (Å²) in [5.74, 6) is -0.516. The molecule has 0 aromatic rings. The van der Waals surface area contributed by atoms with Gasteiger partial charge in [0.2, 0.25) is 5.91 Å². The number of hydrogen-bond donors (Lipinski definition) is 4. The third-order valence-electron chi connectivity index (χ3n) is 12.1. The van der Waals surface area contributed by atoms with Gasteiger partial charge in [-0.3, -0.25) is 4.79 Å². The molecule has 0 fully saturated rings. The van der Waals surface area contributed by atoms with Crippen LogP contribution >= 0.6 is 0 Å². The normalized spacial score (nSPS) is 13.8. The van der Waals surface area contributed by atoms with E-state index >= 15 is 0 Å². The van der Waals surface area contributed by atoms with Crippen molar-refractivity contribution < 1.29 is 20.1 Å². The van der Waals surface area contributed by atoms with Crippen molar-refractivity contribution in [1.29, 1.82) is 0 Å². The number of amides is 1. The van der Waals surface area contributed by atoms with Crippen molar-refractivity contribution in [2.45, 2.75) is 289 Å². The van der Waals surface area contributed by atoms with E-state index in [1.54, 1.807) is 6.08 Å². The molecule has 5 heteroatoms. The molecule has 0 aromatic carbocycles. The molecule has 0 saturated heterocycles. The van der Waals surface area contributed by atoms with Crippen LogP contribution in [0.25, 0.3) is 0 Å². The summed E-state index contributed by atoms with van der Waals surface area (Å²) in [7, 11) is 0. The standard InChI is InChI=1S/C55H103NO4/c1-3-5-7-9-11-13-15-17-19-21-23-25-27-28-30-32-34-36-38-40-42-44-46-48-50-54(59)55(60)56-52(51-57)53(58)49-47-45-43-41-39-37-35-33-31-29-26-24-22-20-18-16-14-12-10-8-6-4-2/h23,25,28,30,39,41,47,49,52-54,57-59H,3-22,24,26-27,29,31-38,40,42-46,48,50-51H2,1-2H3,(H,56,60)/b25-23-,30-28-,41-39+,49-47+. The summed E-state index contributed by atoms with van der Waals surface area (Å²) < 4.78 is 0. The van der Waals surface area contributed by atoms with Gasteiger partial charge in [-0.2, -0.15) is 0 Å². The van der Waals surface area contributed by atoms with Crippen molar-refractivity contribution in [1.82, 2.24) is 5.32 Å². The lowest BCUT2D eigenvalue weighted by atomic mass is 10.0. The highest BCUT2D eigenvalue weighted by Gasteiger charge is 2.22. The van der Waals surface area contributed by atoms with Crippen LogP contribution in [0.1, 0.15) is 271 Å². The summed E-state index contributed by atoms with van der Waals surface area (Å²) in [5, 5.41) is 33.3. The number of aliphatic hydroxyl groups is 3. The largest absolute Gasteiger partial charge is 0.394 e. The van der Waals surface area contributed by atoms with E-state index in [9.17, 15) is 20.1 Å². The van der Waals surface area contributed by atoms with Crippen molar-refractivity contribution in [3.8, 4) is 0 Å². The Balaban J connectivity index is 3.67. The van der Waals surface area contributed by atoms with Gasteiger partial charge >= 0.3 is 0 Å². The van der Waals surface area contributed by atoms with Crippen LogP contribution in [0.15, 0.2) is 48.6 Å². The SMILES string of the molecule is CCCCCCCCCCC/C=C\C/C=C\CCCCCCCCCCC(O)C(=O)NC(CO)C(O)/C=C/CC/C=C/CCCCCCCCCCCCCCCCCC. The summed E-state index contributed by atoms with van der Waals surface area (Å²) in [6, 6.07) is -0.819. The number of carbonyl (C=O) groups excluding carboxylic acids is 1. The van der Waals surface area contributed by atoms with Gasteiger partial charge in [0.1, 0.15) is 6.10 Å². The molecular formula is C55H103NO4. The number of carbonyl (C=O) groups is 1. The van der Waals surface area contributed by atoms with Crippen LogP contribution in [0, 0.1) is 0 Å². The van der Waals surface area contributed by atoms with Crippen LogP contribution in [-0.4, -0.2) is 46.1 Å². The summed E-state index contributed by atoms with van der Waals surface area (Å²) in [4.78, 5) is 12.5. The molecule has 0 aliphatic rings. The number of hydrogen-bond acceptors (Lipinski definition) is 4. The molecule has 352 valence electrons. The van der Waals surface area contributed by atoms with Gasteiger partial charge in [0, 0.05) is 0 Å². The van der Waals surface area contributed by atoms with E-state index in [0.29, 0.717) is 6.42 Å². The zero-order valence-electron chi connectivity index (χ0n) is 40.1. The van der Waals surface area contributed by atoms with E-state index in [2.05, 4.69) is 55.6 Å². The van der Waals surface area contributed by atoms with Crippen LogP contribution < -0.4 is 5.32 Å². The Morgan fingerprint density at radius 2 is 0.733 bits per heavy atom. The second kappa shape index (κ2) is 50.0. The van der Waals surface area contributed by atoms with Crippen LogP contribution in [0.5, 0.6) is 0 Å². The van der Waals surface area contributed by atoms with Gasteiger partial charge < -0.3 is 20.6 Å². The molecule has 60 heavy (non-hydrogen) atoms. The molecular weight excluding hydrogens is 739 g/mol. The molecule has 4 N–H and O–H groups in total. The predicted octanol–water partition coefficient (Wildman–Crippen LogP) is 16.1. The first kappa shape index (κ1) is 58.3. The van der Waals surface area contributed by atoms with Crippen molar-refractivity contribution in [3.05, 3.63) is 48.6 Å². The highest BCUT2D eigenvalue weighted by atomic mass is 16.3. The van der Waals surface area contributed by atoms with E-state index in [-0.39, 0.29) is 6.61 Å². The molecule has 0 spiro atoms. The third kappa shape index (κ3) is 44.4. The zero-order valence-corrected chi connectivity index (χ0v) is 40.1. The third-order valence-corrected chi connectivity index (χ3v) is 12.1. The molecule has 0 aliphatic carbocycles. The van der Waals surface area contributed by atoms with Crippen molar-refractivity contribution in [2.75, 3.05) is 6.61 Å². The van der Waals surface area contributed by atoms with Crippen molar-refractivity contribution >= 4 is 5.91 Å². The van der Waals surface area contributed by atoms with Gasteiger partial charge in [-0.15, -0.1) is 0 Å². The predicted molar refractivity (Wildman–Crippen MR) is 264 cm³/mol. The molecule has 0 bridgehead atoms. The Kier molecular flexibility index (Phi) is 48.6. The van der Waals surface area contributed by atoms with Crippen molar-refractivity contribution in [3.63, 3.8) is 0 Å². The number of nitrogens with one attached hydrogen (secondary N) is 1. The lowest BCUT2D eigenvalue weighted by Crippen LogP contribution is -2.48. The van der Waals surface area contributed by atoms with E-state index in [0.717, 1.165) is 44.9 Å². The molecule has 0 saturated carbocycles. The van der Waals surface area contributed by atoms with Gasteiger partial charge in [0.05, 0.1) is 18.8 Å². The molecule has 0 rings (SSSR count). The van der Waals surface area contributed by atoms with Gasteiger partial charge in [-0.1, -0.05) is 255 Å². The monoisotopic (exact) mass is 842 g/mol. The van der Waals surface area contributed by atoms with Crippen molar-refractivity contribution in [2.24, 2.45) is 0 Å². The van der Waals surface area contributed by atoms with Gasteiger partial charge in [0.15, 0.2) is 0 Å². The van der Waals surface area contributed by atoms with Gasteiger partial charge in [-0.05, 0) is 64.2 Å². The Morgan fingerprint density at radius 3 is 1.12 bits per heavy atom. The highest BCUT2D eigenvalue weighted by molar-refractivity contribution is 5.80. The maximum absolute atomic E-state index is 12.5. The number of rotatable bonds is 48. The van der Waals surface area contributed by atoms with Crippen LogP contribution in [0.2, 0.25) is 0 Å². The fourth-order valence-electron chi connectivity index (χ4n) is 8.00. The minimum Gasteiger partial charge on any atom is -0.394 e. The summed E-state index contributed by atoms with van der Waals surface area (Å²) in [6.45, 7) is 4.19. The summed E-state index contributed by atoms with van der Waals surface area (Å²) in [5.41, 5.74) is 0. The molecule has 3 atom stereocenters. The molecule has 0 aromatic heterocycles. The second-order valence-corrected chi connectivity index (χ2v) is 18.1. The van der Waals surface area contributed by atoms with E-state index in [4.69, 9.17) is 0 Å². The average Bonchev–Trinajstić information content (AvgIpc) is 3.25. The number of aliphatic hydroxyl groups excluding tert-OH is 3. The maximum atomic E-state index is 12.5. The fraction of sp³-hybridized carbons (Fsp3) is 0.836. The number of unbranched alkanes of at least 4 members (excludes halogenated alkanes) is 34. The lowest BCUT2D eigenvalue weighted by molar-refractivity contribution is -0.131. The molecule has 5 nitrogen and oxygen atoms in total. The molecule has 0 radical (unpaired) electrons. The van der Waals surface area contributed by atoms with Gasteiger partial charge in [0.25, 0.3) is 0 Å². The van der Waals surface area contributed by atoms with E-state index in [1.807, 2.05) is 6.08 Å². The average molecular weight is 842 g/mol. The molecule has 0 aliphatic heterocycles. The summed E-state index contributed by atoms with van der Waals surface area (Å²) >= 11 is 0. The van der Waals surface area contributed by atoms with Crippen LogP contribution in [0.3, 0.4) is 0 Å². The molecule has 3 unspecified atom stereocenters. The first-order valence-corrected chi connectivity index (χ1v) is 26.5. The smallest absolute Gasteiger partial charge is 0.249 e. The Hall–Kier alpha value is -1.69. The minimum absolute atomic E-state index is 0.379. The lowest BCUT2D eigenvalue weighted by Gasteiger charge is -2.21. The van der Waals surface area contributed by atoms with Crippen LogP contribution in [0.4, 0.5) is 0 Å².